The third kappa shape index (κ3) is 9.90. The van der Waals surface area contributed by atoms with Crippen molar-refractivity contribution in [3.63, 3.8) is 0 Å². The third-order valence-electron chi connectivity index (χ3n) is 8.99. The molecule has 1 aromatic heterocycles. The van der Waals surface area contributed by atoms with Crippen molar-refractivity contribution in [2.24, 2.45) is 5.92 Å². The van der Waals surface area contributed by atoms with Crippen molar-refractivity contribution in [1.29, 1.82) is 0 Å². The number of benzene rings is 1. The fraction of sp³-hybridized carbons (Fsp3) is 0.600. The van der Waals surface area contributed by atoms with Gasteiger partial charge >= 0.3 is 6.03 Å². The smallest absolute Gasteiger partial charge is 0.317 e. The van der Waals surface area contributed by atoms with Crippen LogP contribution < -0.4 is 15.4 Å². The van der Waals surface area contributed by atoms with Gasteiger partial charge in [0.1, 0.15) is 5.75 Å². The van der Waals surface area contributed by atoms with E-state index in [-0.39, 0.29) is 55.2 Å². The molecule has 46 heavy (non-hydrogen) atoms. The van der Waals surface area contributed by atoms with Crippen LogP contribution in [0.5, 0.6) is 5.75 Å². The number of aliphatic hydroxyl groups excluding tert-OH is 1. The summed E-state index contributed by atoms with van der Waals surface area (Å²) in [6.45, 7) is 6.73. The maximum atomic E-state index is 14.3. The number of amides is 4. The van der Waals surface area contributed by atoms with Gasteiger partial charge in [-0.1, -0.05) is 26.2 Å². The second kappa shape index (κ2) is 17.3. The van der Waals surface area contributed by atoms with Crippen molar-refractivity contribution in [2.45, 2.75) is 96.4 Å². The number of pyridine rings is 1. The van der Waals surface area contributed by atoms with Crippen LogP contribution in [0.1, 0.15) is 92.9 Å². The molecule has 1 aromatic carbocycles. The Morgan fingerprint density at radius 3 is 2.50 bits per heavy atom. The molecular formula is C35H51N5O6. The van der Waals surface area contributed by atoms with E-state index in [1.807, 2.05) is 13.8 Å². The molecule has 4 atom stereocenters. The number of carbonyl (C=O) groups excluding carboxylic acids is 3. The lowest BCUT2D eigenvalue weighted by atomic mass is 9.96. The van der Waals surface area contributed by atoms with E-state index in [0.29, 0.717) is 35.7 Å². The van der Waals surface area contributed by atoms with Crippen LogP contribution >= 0.6 is 0 Å². The molecule has 2 heterocycles. The lowest BCUT2D eigenvalue weighted by molar-refractivity contribution is -0.0123. The highest BCUT2D eigenvalue weighted by Crippen LogP contribution is 2.29. The number of rotatable bonds is 7. The zero-order valence-electron chi connectivity index (χ0n) is 27.7. The molecule has 0 bridgehead atoms. The molecule has 0 spiro atoms. The van der Waals surface area contributed by atoms with Gasteiger partial charge in [-0.15, -0.1) is 0 Å². The van der Waals surface area contributed by atoms with E-state index in [0.717, 1.165) is 44.9 Å². The molecule has 252 valence electrons. The van der Waals surface area contributed by atoms with E-state index < -0.39 is 6.04 Å². The predicted octanol–water partition coefficient (Wildman–Crippen LogP) is 5.10. The van der Waals surface area contributed by atoms with Gasteiger partial charge in [0.15, 0.2) is 0 Å². The quantitative estimate of drug-likeness (QED) is 0.385. The number of urea groups is 1. The van der Waals surface area contributed by atoms with Gasteiger partial charge in [-0.3, -0.25) is 14.6 Å². The van der Waals surface area contributed by atoms with Gasteiger partial charge in [0.05, 0.1) is 30.4 Å². The summed E-state index contributed by atoms with van der Waals surface area (Å²) in [5, 5.41) is 16.3. The largest absolute Gasteiger partial charge is 0.490 e. The van der Waals surface area contributed by atoms with Crippen molar-refractivity contribution in [3.05, 3.63) is 53.9 Å². The summed E-state index contributed by atoms with van der Waals surface area (Å²) >= 11 is 0. The number of carbonyl (C=O) groups is 3. The first kappa shape index (κ1) is 35.2. The van der Waals surface area contributed by atoms with Crippen LogP contribution in [0.25, 0.3) is 0 Å². The highest BCUT2D eigenvalue weighted by atomic mass is 16.5. The molecule has 2 aromatic rings. The van der Waals surface area contributed by atoms with Crippen LogP contribution in [0.15, 0.2) is 42.7 Å². The highest BCUT2D eigenvalue weighted by Gasteiger charge is 2.31. The van der Waals surface area contributed by atoms with Crippen molar-refractivity contribution in [3.8, 4) is 5.75 Å². The Bertz CT molecular complexity index is 1290. The topological polar surface area (TPSA) is 133 Å². The van der Waals surface area contributed by atoms with Gasteiger partial charge in [0, 0.05) is 62.3 Å². The summed E-state index contributed by atoms with van der Waals surface area (Å²) in [4.78, 5) is 47.6. The van der Waals surface area contributed by atoms with Gasteiger partial charge in [0.25, 0.3) is 11.8 Å². The van der Waals surface area contributed by atoms with Gasteiger partial charge in [-0.25, -0.2) is 4.79 Å². The van der Waals surface area contributed by atoms with Crippen LogP contribution in [0.3, 0.4) is 0 Å². The molecule has 4 amide bonds. The zero-order valence-corrected chi connectivity index (χ0v) is 27.7. The number of nitrogens with zero attached hydrogens (tertiary/aromatic N) is 3. The monoisotopic (exact) mass is 637 g/mol. The number of fused-ring (bicyclic) bond motifs is 1. The van der Waals surface area contributed by atoms with Gasteiger partial charge in [-0.2, -0.15) is 0 Å². The molecule has 4 rings (SSSR count). The normalized spacial score (nSPS) is 22.5. The molecule has 0 radical (unpaired) electrons. The highest BCUT2D eigenvalue weighted by molar-refractivity contribution is 6.05. The summed E-state index contributed by atoms with van der Waals surface area (Å²) in [6, 6.07) is 7.90. The Morgan fingerprint density at radius 2 is 1.78 bits per heavy atom. The fourth-order valence-electron chi connectivity index (χ4n) is 6.05. The Kier molecular flexibility index (Phi) is 13.2. The molecule has 3 N–H and O–H groups in total. The maximum Gasteiger partial charge on any atom is 0.317 e. The number of aliphatic hydroxyl groups is 1. The zero-order chi connectivity index (χ0) is 33.1. The first-order chi connectivity index (χ1) is 22.2. The fourth-order valence-corrected chi connectivity index (χ4v) is 6.05. The Hall–Kier alpha value is -3.70. The second-order valence-corrected chi connectivity index (χ2v) is 12.9. The minimum atomic E-state index is -0.504. The van der Waals surface area contributed by atoms with Crippen molar-refractivity contribution in [2.75, 3.05) is 38.7 Å². The molecule has 11 heteroatoms. The van der Waals surface area contributed by atoms with Crippen LogP contribution in [0.4, 0.5) is 10.5 Å². The molecule has 1 aliphatic carbocycles. The first-order valence-electron chi connectivity index (χ1n) is 16.7. The van der Waals surface area contributed by atoms with Crippen molar-refractivity contribution >= 4 is 23.5 Å². The van der Waals surface area contributed by atoms with Crippen LogP contribution in [0.2, 0.25) is 0 Å². The van der Waals surface area contributed by atoms with Crippen molar-refractivity contribution in [1.82, 2.24) is 20.1 Å². The number of hydrogen-bond acceptors (Lipinski definition) is 7. The molecule has 0 saturated heterocycles. The molecule has 1 fully saturated rings. The van der Waals surface area contributed by atoms with Crippen LogP contribution in [-0.4, -0.2) is 95.4 Å². The molecule has 1 aliphatic heterocycles. The minimum absolute atomic E-state index is 0.111. The van der Waals surface area contributed by atoms with E-state index in [1.54, 1.807) is 66.5 Å². The number of likely N-dealkylation sites (N-methyl/N-ethyl adjacent to an activating group) is 1. The minimum Gasteiger partial charge on any atom is -0.490 e. The number of nitrogens with one attached hydrogen (secondary N) is 2. The van der Waals surface area contributed by atoms with Crippen LogP contribution in [0, 0.1) is 5.92 Å². The third-order valence-corrected chi connectivity index (χ3v) is 8.99. The van der Waals surface area contributed by atoms with E-state index in [4.69, 9.17) is 9.47 Å². The molecular weight excluding hydrogens is 586 g/mol. The maximum absolute atomic E-state index is 14.3. The van der Waals surface area contributed by atoms with Gasteiger partial charge in [0.2, 0.25) is 0 Å². The Labute approximate surface area is 273 Å². The van der Waals surface area contributed by atoms with E-state index >= 15 is 0 Å². The summed E-state index contributed by atoms with van der Waals surface area (Å²) in [6.07, 6.45) is 10.6. The predicted molar refractivity (Wildman–Crippen MR) is 177 cm³/mol. The SMILES string of the molecule is C[C@H](CO)N1C[C@H](C)[C@@H](CN(C)C(=O)NC2CCCCC2)OCCCC[C@H](C)Oc2ccc(NC(=O)c3ccncc3)cc2C1=O. The van der Waals surface area contributed by atoms with Crippen LogP contribution in [-0.2, 0) is 4.74 Å². The van der Waals surface area contributed by atoms with E-state index in [2.05, 4.69) is 15.6 Å². The summed E-state index contributed by atoms with van der Waals surface area (Å²) in [7, 11) is 1.79. The van der Waals surface area contributed by atoms with Gasteiger partial charge in [-0.05, 0) is 76.3 Å². The summed E-state index contributed by atoms with van der Waals surface area (Å²) in [5.74, 6) is -0.388. The number of hydrogen-bond donors (Lipinski definition) is 3. The summed E-state index contributed by atoms with van der Waals surface area (Å²) < 4.78 is 12.7. The average molecular weight is 638 g/mol. The van der Waals surface area contributed by atoms with E-state index in [1.165, 1.54) is 6.42 Å². The molecule has 2 aliphatic rings. The second-order valence-electron chi connectivity index (χ2n) is 12.9. The number of anilines is 1. The Balaban J connectivity index is 1.58. The van der Waals surface area contributed by atoms with Crippen molar-refractivity contribution < 1.29 is 29.0 Å². The summed E-state index contributed by atoms with van der Waals surface area (Å²) in [5.41, 5.74) is 1.19. The molecule has 11 nitrogen and oxygen atoms in total. The standard InChI is InChI=1S/C35H51N5O6/c1-24-21-40(25(2)23-41)34(43)30-20-29(37-33(42)27-15-17-36-18-16-27)13-14-31(30)46-26(3)10-8-9-19-45-32(24)22-39(4)35(44)38-28-11-6-5-7-12-28/h13-18,20,24-26,28,32,41H,5-12,19,21-23H2,1-4H3,(H,37,42)(H,38,44)/t24-,25+,26-,32+/m0/s1. The lowest BCUT2D eigenvalue weighted by Gasteiger charge is -2.36. The number of ether oxygens (including phenoxy) is 2. The lowest BCUT2D eigenvalue weighted by Crippen LogP contribution is -2.50. The van der Waals surface area contributed by atoms with E-state index in [9.17, 15) is 19.5 Å². The molecule has 0 unspecified atom stereocenters. The van der Waals surface area contributed by atoms with Gasteiger partial charge < -0.3 is 35.0 Å². The molecule has 1 saturated carbocycles. The first-order valence-corrected chi connectivity index (χ1v) is 16.7. The number of aromatic nitrogens is 1. The average Bonchev–Trinajstić information content (AvgIpc) is 3.06. The Morgan fingerprint density at radius 1 is 1.07 bits per heavy atom.